The molecule has 0 spiro atoms. The zero-order valence-electron chi connectivity index (χ0n) is 12.8. The maximum absolute atomic E-state index is 5.93. The van der Waals surface area contributed by atoms with Crippen molar-refractivity contribution < 1.29 is 0 Å². The summed E-state index contributed by atoms with van der Waals surface area (Å²) in [6.07, 6.45) is 2.66. The Balaban J connectivity index is 2.14. The van der Waals surface area contributed by atoms with E-state index in [-0.39, 0.29) is 0 Å². The second-order valence-corrected chi connectivity index (χ2v) is 5.69. The summed E-state index contributed by atoms with van der Waals surface area (Å²) in [4.78, 5) is 4.72. The number of fused-ring (bicyclic) bond motifs is 1. The minimum absolute atomic E-state index is 0.557. The first-order valence-electron chi connectivity index (χ1n) is 6.95. The molecule has 0 aliphatic carbocycles. The largest absolute Gasteiger partial charge is 0.308 e. The highest BCUT2D eigenvalue weighted by Crippen LogP contribution is 2.21. The van der Waals surface area contributed by atoms with Gasteiger partial charge in [-0.2, -0.15) is 10.2 Å². The fourth-order valence-corrected chi connectivity index (χ4v) is 2.86. The highest BCUT2D eigenvalue weighted by atomic mass is 35.5. The van der Waals surface area contributed by atoms with Crippen molar-refractivity contribution in [3.05, 3.63) is 29.0 Å². The van der Waals surface area contributed by atoms with Crippen molar-refractivity contribution in [1.82, 2.24) is 29.1 Å². The molecule has 6 nitrogen and oxygen atoms in total. The molecule has 0 bridgehead atoms. The summed E-state index contributed by atoms with van der Waals surface area (Å²) in [5, 5.41) is 8.78. The normalized spacial score (nSPS) is 11.7. The topological polar surface area (TPSA) is 53.5 Å². The van der Waals surface area contributed by atoms with Gasteiger partial charge in [0, 0.05) is 37.7 Å². The number of alkyl halides is 1. The van der Waals surface area contributed by atoms with Crippen molar-refractivity contribution in [1.29, 1.82) is 0 Å². The number of hydrogen-bond acceptors (Lipinski definition) is 3. The highest BCUT2D eigenvalue weighted by molar-refractivity contribution is 6.17. The monoisotopic (exact) mass is 306 g/mol. The standard InChI is InChI=1S/C14H19ClN6/c1-9-13-14(20(4)18-9)21(12(17-13)5-6-15)8-11-7-16-19(3)10(11)2/h7H,5-6,8H2,1-4H3. The van der Waals surface area contributed by atoms with E-state index in [9.17, 15) is 0 Å². The predicted octanol–water partition coefficient (Wildman–Crippen LogP) is 1.95. The molecule has 0 fully saturated rings. The van der Waals surface area contributed by atoms with Crippen LogP contribution in [0.1, 0.15) is 22.8 Å². The SMILES string of the molecule is Cc1nn(C)c2c1nc(CCCl)n2Cc1cnn(C)c1C. The number of hydrogen-bond donors (Lipinski definition) is 0. The van der Waals surface area contributed by atoms with Crippen molar-refractivity contribution in [2.75, 3.05) is 5.88 Å². The number of nitrogens with zero attached hydrogens (tertiary/aromatic N) is 6. The first kappa shape index (κ1) is 14.1. The van der Waals surface area contributed by atoms with Crippen molar-refractivity contribution in [3.8, 4) is 0 Å². The van der Waals surface area contributed by atoms with Crippen LogP contribution in [0, 0.1) is 13.8 Å². The fraction of sp³-hybridized carbons (Fsp3) is 0.500. The van der Waals surface area contributed by atoms with Crippen LogP contribution in [0.5, 0.6) is 0 Å². The number of rotatable bonds is 4. The summed E-state index contributed by atoms with van der Waals surface area (Å²) in [6, 6.07) is 0. The van der Waals surface area contributed by atoms with Gasteiger partial charge in [-0.3, -0.25) is 9.36 Å². The Hall–Kier alpha value is -1.82. The van der Waals surface area contributed by atoms with Crippen LogP contribution in [0.3, 0.4) is 0 Å². The fourth-order valence-electron chi connectivity index (χ4n) is 2.69. The van der Waals surface area contributed by atoms with E-state index in [1.807, 2.05) is 36.6 Å². The van der Waals surface area contributed by atoms with Crippen molar-refractivity contribution in [2.24, 2.45) is 14.1 Å². The summed E-state index contributed by atoms with van der Waals surface area (Å²) in [5.74, 6) is 1.56. The van der Waals surface area contributed by atoms with Gasteiger partial charge < -0.3 is 4.57 Å². The molecular formula is C14H19ClN6. The zero-order chi connectivity index (χ0) is 15.1. The number of aryl methyl sites for hydroxylation is 4. The van der Waals surface area contributed by atoms with E-state index >= 15 is 0 Å². The van der Waals surface area contributed by atoms with Gasteiger partial charge in [-0.1, -0.05) is 0 Å². The summed E-state index contributed by atoms with van der Waals surface area (Å²) < 4.78 is 5.97. The molecule has 0 atom stereocenters. The van der Waals surface area contributed by atoms with Crippen LogP contribution < -0.4 is 0 Å². The van der Waals surface area contributed by atoms with Gasteiger partial charge in [0.15, 0.2) is 5.65 Å². The van der Waals surface area contributed by atoms with E-state index in [1.165, 1.54) is 5.56 Å². The average molecular weight is 307 g/mol. The van der Waals surface area contributed by atoms with Crippen molar-refractivity contribution >= 4 is 22.8 Å². The molecule has 112 valence electrons. The second kappa shape index (κ2) is 5.18. The Kier molecular flexibility index (Phi) is 3.49. The van der Waals surface area contributed by atoms with Gasteiger partial charge in [-0.15, -0.1) is 11.6 Å². The second-order valence-electron chi connectivity index (χ2n) is 5.31. The van der Waals surface area contributed by atoms with E-state index in [0.717, 1.165) is 41.3 Å². The lowest BCUT2D eigenvalue weighted by atomic mass is 10.2. The molecule has 0 amide bonds. The lowest BCUT2D eigenvalue weighted by Crippen LogP contribution is -2.10. The van der Waals surface area contributed by atoms with E-state index in [2.05, 4.69) is 21.7 Å². The molecule has 0 unspecified atom stereocenters. The summed E-state index contributed by atoms with van der Waals surface area (Å²) in [5.41, 5.74) is 5.29. The van der Waals surface area contributed by atoms with Gasteiger partial charge in [-0.05, 0) is 13.8 Å². The third-order valence-corrected chi connectivity index (χ3v) is 4.14. The number of halogens is 1. The Bertz CT molecular complexity index is 794. The van der Waals surface area contributed by atoms with E-state index in [4.69, 9.17) is 16.6 Å². The van der Waals surface area contributed by atoms with Gasteiger partial charge >= 0.3 is 0 Å². The maximum Gasteiger partial charge on any atom is 0.158 e. The predicted molar refractivity (Wildman–Crippen MR) is 82.7 cm³/mol. The Morgan fingerprint density at radius 3 is 2.57 bits per heavy atom. The Morgan fingerprint density at radius 2 is 1.95 bits per heavy atom. The maximum atomic E-state index is 5.93. The third-order valence-electron chi connectivity index (χ3n) is 3.95. The molecule has 3 aromatic heterocycles. The van der Waals surface area contributed by atoms with Crippen molar-refractivity contribution in [2.45, 2.75) is 26.8 Å². The minimum atomic E-state index is 0.557. The Morgan fingerprint density at radius 1 is 1.19 bits per heavy atom. The molecule has 0 saturated carbocycles. The molecule has 0 N–H and O–H groups in total. The van der Waals surface area contributed by atoms with Gasteiger partial charge in [-0.25, -0.2) is 4.98 Å². The van der Waals surface area contributed by atoms with Crippen LogP contribution in [0.4, 0.5) is 0 Å². The lowest BCUT2D eigenvalue weighted by molar-refractivity contribution is 0.687. The van der Waals surface area contributed by atoms with Gasteiger partial charge in [0.2, 0.25) is 0 Å². The van der Waals surface area contributed by atoms with Gasteiger partial charge in [0.05, 0.1) is 18.4 Å². The summed E-state index contributed by atoms with van der Waals surface area (Å²) in [7, 11) is 3.91. The first-order valence-corrected chi connectivity index (χ1v) is 7.48. The van der Waals surface area contributed by atoms with E-state index in [0.29, 0.717) is 5.88 Å². The van der Waals surface area contributed by atoms with Crippen LogP contribution in [0.15, 0.2) is 6.20 Å². The molecule has 0 aliphatic rings. The van der Waals surface area contributed by atoms with E-state index < -0.39 is 0 Å². The van der Waals surface area contributed by atoms with Crippen LogP contribution >= 0.6 is 11.6 Å². The molecule has 3 heterocycles. The molecule has 3 aromatic rings. The quantitative estimate of drug-likeness (QED) is 0.692. The van der Waals surface area contributed by atoms with Crippen molar-refractivity contribution in [3.63, 3.8) is 0 Å². The lowest BCUT2D eigenvalue weighted by Gasteiger charge is -2.09. The smallest absolute Gasteiger partial charge is 0.158 e. The van der Waals surface area contributed by atoms with Gasteiger partial charge in [0.25, 0.3) is 0 Å². The average Bonchev–Trinajstić information content (AvgIpc) is 3.03. The molecule has 3 rings (SSSR count). The van der Waals surface area contributed by atoms with Gasteiger partial charge in [0.1, 0.15) is 11.3 Å². The number of imidazole rings is 1. The molecule has 0 radical (unpaired) electrons. The molecule has 0 saturated heterocycles. The molecule has 7 heteroatoms. The zero-order valence-corrected chi connectivity index (χ0v) is 13.5. The highest BCUT2D eigenvalue weighted by Gasteiger charge is 2.18. The first-order chi connectivity index (χ1) is 10.0. The van der Waals surface area contributed by atoms with Crippen LogP contribution in [0.25, 0.3) is 11.2 Å². The van der Waals surface area contributed by atoms with Crippen LogP contribution in [0.2, 0.25) is 0 Å². The number of aromatic nitrogens is 6. The van der Waals surface area contributed by atoms with E-state index in [1.54, 1.807) is 0 Å². The Labute approximate surface area is 128 Å². The molecule has 21 heavy (non-hydrogen) atoms. The third kappa shape index (κ3) is 2.23. The molecular weight excluding hydrogens is 288 g/mol. The van der Waals surface area contributed by atoms with Crippen LogP contribution in [-0.4, -0.2) is 35.0 Å². The summed E-state index contributed by atoms with van der Waals surface area (Å²) in [6.45, 7) is 4.80. The molecule has 0 aromatic carbocycles. The summed E-state index contributed by atoms with van der Waals surface area (Å²) >= 11 is 5.93. The van der Waals surface area contributed by atoms with Crippen LogP contribution in [-0.2, 0) is 27.1 Å². The molecule has 0 aliphatic heterocycles. The minimum Gasteiger partial charge on any atom is -0.308 e.